The Labute approximate surface area is 222 Å². The van der Waals surface area contributed by atoms with E-state index in [0.717, 1.165) is 6.42 Å². The van der Waals surface area contributed by atoms with E-state index in [1.807, 2.05) is 14.1 Å². The molecule has 2 heteroatoms. The maximum absolute atomic E-state index is 12.3. The van der Waals surface area contributed by atoms with Gasteiger partial charge >= 0.3 is 0 Å². The Morgan fingerprint density at radius 3 is 1.31 bits per heavy atom. The van der Waals surface area contributed by atoms with E-state index >= 15 is 0 Å². The molecule has 0 aliphatic rings. The first-order chi connectivity index (χ1) is 17.1. The number of carbonyl (C=O) groups is 1. The number of rotatable bonds is 27. The van der Waals surface area contributed by atoms with Crippen molar-refractivity contribution in [2.45, 2.75) is 174 Å². The number of allylic oxidation sites excluding steroid dienone is 2. The molecule has 0 N–H and O–H groups in total. The van der Waals surface area contributed by atoms with E-state index in [2.05, 4.69) is 26.0 Å². The van der Waals surface area contributed by atoms with Gasteiger partial charge in [-0.25, -0.2) is 0 Å². The zero-order valence-electron chi connectivity index (χ0n) is 24.8. The third kappa shape index (κ3) is 26.1. The van der Waals surface area contributed by atoms with E-state index in [4.69, 9.17) is 0 Å². The highest BCUT2D eigenvalue weighted by Gasteiger charge is 2.15. The maximum atomic E-state index is 12.3. The van der Waals surface area contributed by atoms with Crippen LogP contribution in [0.2, 0.25) is 0 Å². The van der Waals surface area contributed by atoms with Crippen LogP contribution < -0.4 is 0 Å². The molecule has 208 valence electrons. The molecule has 0 heterocycles. The van der Waals surface area contributed by atoms with Gasteiger partial charge in [-0.3, -0.25) is 4.79 Å². The van der Waals surface area contributed by atoms with Crippen molar-refractivity contribution in [3.8, 4) is 0 Å². The minimum atomic E-state index is 0.320. The number of amides is 1. The lowest BCUT2D eigenvalue weighted by Gasteiger charge is -2.19. The zero-order valence-corrected chi connectivity index (χ0v) is 24.8. The predicted octanol–water partition coefficient (Wildman–Crippen LogP) is 11.0. The Hall–Kier alpha value is -0.790. The summed E-state index contributed by atoms with van der Waals surface area (Å²) in [6, 6.07) is 0. The summed E-state index contributed by atoms with van der Waals surface area (Å²) in [5, 5.41) is 0. The van der Waals surface area contributed by atoms with E-state index in [1.165, 1.54) is 154 Å². The molecule has 0 spiro atoms. The van der Waals surface area contributed by atoms with Gasteiger partial charge in [-0.2, -0.15) is 0 Å². The molecule has 2 nitrogen and oxygen atoms in total. The average molecular weight is 492 g/mol. The molecule has 0 aliphatic heterocycles. The first-order valence-corrected chi connectivity index (χ1v) is 16.0. The van der Waals surface area contributed by atoms with E-state index in [-0.39, 0.29) is 0 Å². The monoisotopic (exact) mass is 492 g/mol. The minimum Gasteiger partial charge on any atom is -0.349 e. The lowest BCUT2D eigenvalue weighted by Crippen LogP contribution is -2.24. The van der Waals surface area contributed by atoms with E-state index in [0.29, 0.717) is 11.8 Å². The second-order valence-corrected chi connectivity index (χ2v) is 11.3. The fourth-order valence-corrected chi connectivity index (χ4v) is 5.03. The van der Waals surface area contributed by atoms with E-state index in [9.17, 15) is 4.79 Å². The number of hydrogen-bond donors (Lipinski definition) is 0. The molecule has 0 aromatic rings. The molecule has 0 aromatic carbocycles. The average Bonchev–Trinajstić information content (AvgIpc) is 2.84. The predicted molar refractivity (Wildman–Crippen MR) is 158 cm³/mol. The standard InChI is InChI=1S/C33H65NO/c1-5-7-9-11-13-14-15-16-17-18-19-20-21-22-24-26-28-30-32(31-33(35)34(3)4)29-27-25-23-12-10-8-6-2/h13-14,32H,5-12,15-31H2,1-4H3/b14-13-. The Morgan fingerprint density at radius 1 is 0.543 bits per heavy atom. The Kier molecular flexibility index (Phi) is 27.2. The van der Waals surface area contributed by atoms with Crippen molar-refractivity contribution < 1.29 is 4.79 Å². The molecule has 1 atom stereocenters. The van der Waals surface area contributed by atoms with Crippen LogP contribution in [0.1, 0.15) is 174 Å². The van der Waals surface area contributed by atoms with Crippen molar-refractivity contribution >= 4 is 5.91 Å². The Morgan fingerprint density at radius 2 is 0.886 bits per heavy atom. The van der Waals surface area contributed by atoms with Crippen LogP contribution in [0, 0.1) is 5.92 Å². The molecule has 0 saturated heterocycles. The fourth-order valence-electron chi connectivity index (χ4n) is 5.03. The maximum Gasteiger partial charge on any atom is 0.222 e. The summed E-state index contributed by atoms with van der Waals surface area (Å²) in [5.41, 5.74) is 0. The van der Waals surface area contributed by atoms with Gasteiger partial charge in [-0.1, -0.05) is 142 Å². The lowest BCUT2D eigenvalue weighted by molar-refractivity contribution is -0.129. The Balaban J connectivity index is 3.67. The lowest BCUT2D eigenvalue weighted by atomic mass is 9.91. The van der Waals surface area contributed by atoms with E-state index < -0.39 is 0 Å². The van der Waals surface area contributed by atoms with Crippen LogP contribution in [-0.4, -0.2) is 24.9 Å². The van der Waals surface area contributed by atoms with E-state index in [1.54, 1.807) is 4.90 Å². The smallest absolute Gasteiger partial charge is 0.222 e. The molecule has 0 rings (SSSR count). The van der Waals surface area contributed by atoms with Crippen molar-refractivity contribution in [1.29, 1.82) is 0 Å². The van der Waals surface area contributed by atoms with Crippen molar-refractivity contribution in [3.63, 3.8) is 0 Å². The van der Waals surface area contributed by atoms with Gasteiger partial charge in [-0.05, 0) is 44.4 Å². The molecular formula is C33H65NO. The fraction of sp³-hybridized carbons (Fsp3) is 0.909. The number of unbranched alkanes of at least 4 members (excludes halogenated alkanes) is 19. The molecule has 35 heavy (non-hydrogen) atoms. The third-order valence-corrected chi connectivity index (χ3v) is 7.55. The molecule has 0 fully saturated rings. The van der Waals surface area contributed by atoms with Crippen LogP contribution >= 0.6 is 0 Å². The molecule has 0 saturated carbocycles. The second-order valence-electron chi connectivity index (χ2n) is 11.3. The van der Waals surface area contributed by atoms with Crippen LogP contribution in [0.25, 0.3) is 0 Å². The normalized spacial score (nSPS) is 12.5. The van der Waals surface area contributed by atoms with Gasteiger partial charge in [0.1, 0.15) is 0 Å². The van der Waals surface area contributed by atoms with Gasteiger partial charge in [0, 0.05) is 20.5 Å². The molecule has 0 radical (unpaired) electrons. The van der Waals surface area contributed by atoms with Crippen LogP contribution in [0.3, 0.4) is 0 Å². The minimum absolute atomic E-state index is 0.320. The highest BCUT2D eigenvalue weighted by molar-refractivity contribution is 5.75. The first kappa shape index (κ1) is 34.2. The zero-order chi connectivity index (χ0) is 25.8. The molecule has 0 aromatic heterocycles. The molecule has 0 aliphatic carbocycles. The molecule has 0 bridgehead atoms. The van der Waals surface area contributed by atoms with Gasteiger partial charge < -0.3 is 4.90 Å². The quantitative estimate of drug-likeness (QED) is 0.0826. The summed E-state index contributed by atoms with van der Waals surface area (Å²) in [7, 11) is 3.81. The highest BCUT2D eigenvalue weighted by atomic mass is 16.2. The van der Waals surface area contributed by atoms with Crippen LogP contribution in [0.15, 0.2) is 12.2 Å². The largest absolute Gasteiger partial charge is 0.349 e. The van der Waals surface area contributed by atoms with Gasteiger partial charge in [0.05, 0.1) is 0 Å². The van der Waals surface area contributed by atoms with Gasteiger partial charge in [0.2, 0.25) is 5.91 Å². The van der Waals surface area contributed by atoms with Crippen LogP contribution in [-0.2, 0) is 4.79 Å². The van der Waals surface area contributed by atoms with Gasteiger partial charge in [0.25, 0.3) is 0 Å². The van der Waals surface area contributed by atoms with Crippen molar-refractivity contribution in [1.82, 2.24) is 4.90 Å². The molecule has 1 amide bonds. The molecular weight excluding hydrogens is 426 g/mol. The summed E-state index contributed by atoms with van der Waals surface area (Å²) in [6.45, 7) is 4.56. The Bertz CT molecular complexity index is 456. The van der Waals surface area contributed by atoms with Crippen LogP contribution in [0.5, 0.6) is 0 Å². The summed E-state index contributed by atoms with van der Waals surface area (Å²) >= 11 is 0. The van der Waals surface area contributed by atoms with Crippen molar-refractivity contribution in [3.05, 3.63) is 12.2 Å². The summed E-state index contributed by atoms with van der Waals surface area (Å²) in [5.74, 6) is 0.924. The second kappa shape index (κ2) is 27.8. The summed E-state index contributed by atoms with van der Waals surface area (Å²) < 4.78 is 0. The van der Waals surface area contributed by atoms with Crippen LogP contribution in [0.4, 0.5) is 0 Å². The number of carbonyl (C=O) groups excluding carboxylic acids is 1. The number of nitrogens with zero attached hydrogens (tertiary/aromatic N) is 1. The summed E-state index contributed by atoms with van der Waals surface area (Å²) in [6.07, 6.45) is 38.2. The topological polar surface area (TPSA) is 20.3 Å². The van der Waals surface area contributed by atoms with Gasteiger partial charge in [-0.15, -0.1) is 0 Å². The highest BCUT2D eigenvalue weighted by Crippen LogP contribution is 2.23. The SMILES string of the molecule is CCCCC/C=C\CCCCCCCCCCCCC(CCCCCCCCC)CC(=O)N(C)C. The van der Waals surface area contributed by atoms with Gasteiger partial charge in [0.15, 0.2) is 0 Å². The summed E-state index contributed by atoms with van der Waals surface area (Å²) in [4.78, 5) is 14.0. The van der Waals surface area contributed by atoms with Crippen molar-refractivity contribution in [2.24, 2.45) is 5.92 Å². The van der Waals surface area contributed by atoms with Crippen molar-refractivity contribution in [2.75, 3.05) is 14.1 Å². The first-order valence-electron chi connectivity index (χ1n) is 16.0. The number of hydrogen-bond acceptors (Lipinski definition) is 1. The molecule has 1 unspecified atom stereocenters. The third-order valence-electron chi connectivity index (χ3n) is 7.55.